The van der Waals surface area contributed by atoms with Crippen LogP contribution in [-0.2, 0) is 6.42 Å². The number of benzene rings is 1. The highest BCUT2D eigenvalue weighted by molar-refractivity contribution is 6.32. The van der Waals surface area contributed by atoms with Crippen LogP contribution < -0.4 is 5.73 Å². The van der Waals surface area contributed by atoms with Crippen molar-refractivity contribution in [2.24, 2.45) is 0 Å². The number of ketones is 1. The molecule has 4 nitrogen and oxygen atoms in total. The van der Waals surface area contributed by atoms with Crippen molar-refractivity contribution in [3.05, 3.63) is 39.8 Å². The van der Waals surface area contributed by atoms with Crippen LogP contribution in [0.25, 0.3) is 11.3 Å². The van der Waals surface area contributed by atoms with Crippen molar-refractivity contribution in [1.29, 1.82) is 0 Å². The number of nitrogens with two attached hydrogens (primary N) is 1. The summed E-state index contributed by atoms with van der Waals surface area (Å²) in [4.78, 5) is 19.8. The lowest BCUT2D eigenvalue weighted by Crippen LogP contribution is -2.01. The number of halogens is 2. The molecule has 0 atom stereocenters. The van der Waals surface area contributed by atoms with Gasteiger partial charge in [0.05, 0.1) is 5.69 Å². The second-order valence-corrected chi connectivity index (χ2v) is 5.05. The molecule has 0 amide bonds. The summed E-state index contributed by atoms with van der Waals surface area (Å²) in [6.45, 7) is 0. The summed E-state index contributed by atoms with van der Waals surface area (Å²) >= 11 is 11.7. The van der Waals surface area contributed by atoms with Gasteiger partial charge < -0.3 is 5.73 Å². The van der Waals surface area contributed by atoms with E-state index in [-0.39, 0.29) is 16.2 Å². The average Bonchev–Trinajstić information content (AvgIpc) is 2.72. The first-order valence-corrected chi connectivity index (χ1v) is 6.47. The molecule has 0 radical (unpaired) electrons. The van der Waals surface area contributed by atoms with E-state index in [0.717, 1.165) is 11.1 Å². The number of Topliss-reactive ketones (excluding diaryl/α,β-unsaturated/α-hetero) is 1. The van der Waals surface area contributed by atoms with Gasteiger partial charge in [0, 0.05) is 29.3 Å². The van der Waals surface area contributed by atoms with Gasteiger partial charge >= 0.3 is 0 Å². The van der Waals surface area contributed by atoms with E-state index < -0.39 is 0 Å². The molecule has 0 spiro atoms. The van der Waals surface area contributed by atoms with Gasteiger partial charge in [-0.15, -0.1) is 0 Å². The fourth-order valence-corrected chi connectivity index (χ4v) is 2.80. The smallest absolute Gasteiger partial charge is 0.224 e. The molecule has 2 aromatic rings. The van der Waals surface area contributed by atoms with Crippen LogP contribution in [0.2, 0.25) is 10.4 Å². The van der Waals surface area contributed by atoms with E-state index in [4.69, 9.17) is 28.9 Å². The summed E-state index contributed by atoms with van der Waals surface area (Å²) in [5, 5.41) is 0.349. The number of hydrogen-bond donors (Lipinski definition) is 1. The van der Waals surface area contributed by atoms with E-state index in [0.29, 0.717) is 29.8 Å². The molecule has 3 rings (SSSR count). The van der Waals surface area contributed by atoms with Crippen molar-refractivity contribution in [3.8, 4) is 11.3 Å². The summed E-state index contributed by atoms with van der Waals surface area (Å²) in [6, 6.07) is 5.17. The molecule has 96 valence electrons. The van der Waals surface area contributed by atoms with Gasteiger partial charge in [-0.2, -0.15) is 0 Å². The van der Waals surface area contributed by atoms with Crippen molar-refractivity contribution < 1.29 is 4.79 Å². The summed E-state index contributed by atoms with van der Waals surface area (Å²) in [5.74, 6) is 0.0700. The maximum absolute atomic E-state index is 11.8. The van der Waals surface area contributed by atoms with Crippen molar-refractivity contribution in [1.82, 2.24) is 9.97 Å². The fourth-order valence-electron chi connectivity index (χ4n) is 2.39. The van der Waals surface area contributed by atoms with Gasteiger partial charge in [0.25, 0.3) is 0 Å². The van der Waals surface area contributed by atoms with E-state index >= 15 is 0 Å². The second kappa shape index (κ2) is 4.47. The number of nitrogens with zero attached hydrogens (tertiary/aromatic N) is 2. The van der Waals surface area contributed by atoms with Crippen LogP contribution in [0, 0.1) is 0 Å². The minimum absolute atomic E-state index is 0.0700. The molecule has 0 unspecified atom stereocenters. The highest BCUT2D eigenvalue weighted by Gasteiger charge is 2.25. The average molecular weight is 294 g/mol. The molecule has 19 heavy (non-hydrogen) atoms. The van der Waals surface area contributed by atoms with Gasteiger partial charge in [-0.25, -0.2) is 9.97 Å². The molecule has 1 aliphatic rings. The Morgan fingerprint density at radius 2 is 1.95 bits per heavy atom. The zero-order chi connectivity index (χ0) is 13.6. The first-order chi connectivity index (χ1) is 9.06. The van der Waals surface area contributed by atoms with Crippen molar-refractivity contribution in [3.63, 3.8) is 0 Å². The van der Waals surface area contributed by atoms with Crippen molar-refractivity contribution in [2.75, 3.05) is 5.73 Å². The molecule has 0 saturated carbocycles. The minimum atomic E-state index is 0.0700. The number of nitrogen functional groups attached to an aromatic ring is 1. The SMILES string of the molecule is Nc1ccc(-c2cc(Cl)nc(Cl)n2)c2c1C(=O)CC2. The predicted octanol–water partition coefficient (Wildman–Crippen LogP) is 3.16. The number of hydrogen-bond acceptors (Lipinski definition) is 4. The van der Waals surface area contributed by atoms with Crippen LogP contribution >= 0.6 is 23.2 Å². The largest absolute Gasteiger partial charge is 0.398 e. The Labute approximate surface area is 119 Å². The quantitative estimate of drug-likeness (QED) is 0.498. The first-order valence-electron chi connectivity index (χ1n) is 5.71. The number of carbonyl (C=O) groups is 1. The summed E-state index contributed by atoms with van der Waals surface area (Å²) in [7, 11) is 0. The van der Waals surface area contributed by atoms with Gasteiger partial charge in [0.1, 0.15) is 5.15 Å². The maximum atomic E-state index is 11.8. The third kappa shape index (κ3) is 2.07. The lowest BCUT2D eigenvalue weighted by atomic mass is 9.99. The van der Waals surface area contributed by atoms with Gasteiger partial charge in [0.15, 0.2) is 5.78 Å². The first kappa shape index (κ1) is 12.4. The van der Waals surface area contributed by atoms with E-state index in [9.17, 15) is 4.79 Å². The summed E-state index contributed by atoms with van der Waals surface area (Å²) in [6.07, 6.45) is 1.14. The van der Waals surface area contributed by atoms with Crippen LogP contribution in [0.4, 0.5) is 5.69 Å². The molecule has 0 saturated heterocycles. The molecular weight excluding hydrogens is 285 g/mol. The number of anilines is 1. The van der Waals surface area contributed by atoms with Gasteiger partial charge in [-0.05, 0) is 29.7 Å². The van der Waals surface area contributed by atoms with E-state index in [1.165, 1.54) is 0 Å². The Morgan fingerprint density at radius 3 is 2.68 bits per heavy atom. The third-order valence-electron chi connectivity index (χ3n) is 3.17. The minimum Gasteiger partial charge on any atom is -0.398 e. The molecule has 1 aromatic carbocycles. The molecular formula is C13H9Cl2N3O. The van der Waals surface area contributed by atoms with E-state index in [2.05, 4.69) is 9.97 Å². The normalized spacial score (nSPS) is 13.7. The molecule has 1 aromatic heterocycles. The Morgan fingerprint density at radius 1 is 1.16 bits per heavy atom. The lowest BCUT2D eigenvalue weighted by molar-refractivity contribution is 0.0995. The zero-order valence-electron chi connectivity index (χ0n) is 9.78. The Bertz CT molecular complexity index is 680. The van der Waals surface area contributed by atoms with Crippen molar-refractivity contribution >= 4 is 34.7 Å². The van der Waals surface area contributed by atoms with Crippen LogP contribution in [0.3, 0.4) is 0 Å². The summed E-state index contributed by atoms with van der Waals surface area (Å²) in [5.41, 5.74) is 9.33. The summed E-state index contributed by atoms with van der Waals surface area (Å²) < 4.78 is 0. The number of fused-ring (bicyclic) bond motifs is 1. The number of rotatable bonds is 1. The molecule has 0 bridgehead atoms. The maximum Gasteiger partial charge on any atom is 0.224 e. The predicted molar refractivity (Wildman–Crippen MR) is 74.6 cm³/mol. The van der Waals surface area contributed by atoms with Gasteiger partial charge in [-0.3, -0.25) is 4.79 Å². The van der Waals surface area contributed by atoms with Gasteiger partial charge in [0.2, 0.25) is 5.28 Å². The molecule has 2 N–H and O–H groups in total. The molecule has 1 aliphatic carbocycles. The molecule has 1 heterocycles. The Balaban J connectivity index is 2.25. The van der Waals surface area contributed by atoms with Crippen LogP contribution in [-0.4, -0.2) is 15.8 Å². The standard InChI is InChI=1S/C13H9Cl2N3O/c14-11-5-9(17-13(15)18-11)6-1-3-8(16)12-7(6)2-4-10(12)19/h1,3,5H,2,4,16H2. The zero-order valence-corrected chi connectivity index (χ0v) is 11.3. The highest BCUT2D eigenvalue weighted by atomic mass is 35.5. The second-order valence-electron chi connectivity index (χ2n) is 4.32. The lowest BCUT2D eigenvalue weighted by Gasteiger charge is -2.09. The Hall–Kier alpha value is -1.65. The molecule has 0 aliphatic heterocycles. The number of carbonyl (C=O) groups excluding carboxylic acids is 1. The van der Waals surface area contributed by atoms with Crippen LogP contribution in [0.5, 0.6) is 0 Å². The molecule has 0 fully saturated rings. The molecule has 6 heteroatoms. The Kier molecular flexibility index (Phi) is 2.92. The monoisotopic (exact) mass is 293 g/mol. The highest BCUT2D eigenvalue weighted by Crippen LogP contribution is 2.35. The topological polar surface area (TPSA) is 68.9 Å². The van der Waals surface area contributed by atoms with Crippen LogP contribution in [0.1, 0.15) is 22.3 Å². The van der Waals surface area contributed by atoms with Gasteiger partial charge in [-0.1, -0.05) is 17.7 Å². The van der Waals surface area contributed by atoms with E-state index in [1.54, 1.807) is 12.1 Å². The fraction of sp³-hybridized carbons (Fsp3) is 0.154. The third-order valence-corrected chi connectivity index (χ3v) is 3.53. The van der Waals surface area contributed by atoms with Crippen LogP contribution in [0.15, 0.2) is 18.2 Å². The number of aromatic nitrogens is 2. The van der Waals surface area contributed by atoms with Crippen molar-refractivity contribution in [2.45, 2.75) is 12.8 Å². The van der Waals surface area contributed by atoms with E-state index in [1.807, 2.05) is 6.07 Å².